The number of anilines is 1. The second-order valence-electron chi connectivity index (χ2n) is 6.82. The van der Waals surface area contributed by atoms with E-state index >= 15 is 0 Å². The summed E-state index contributed by atoms with van der Waals surface area (Å²) in [6, 6.07) is 1.97. The Morgan fingerprint density at radius 3 is 2.52 bits per heavy atom. The molecule has 2 aliphatic rings. The third kappa shape index (κ3) is 1.65. The van der Waals surface area contributed by atoms with Gasteiger partial charge in [0.05, 0.1) is 11.3 Å². The highest BCUT2D eigenvalue weighted by Crippen LogP contribution is 2.50. The van der Waals surface area contributed by atoms with Crippen molar-refractivity contribution in [2.75, 3.05) is 4.90 Å². The van der Waals surface area contributed by atoms with Gasteiger partial charge < -0.3 is 0 Å². The first-order valence-electron chi connectivity index (χ1n) is 7.24. The second-order valence-corrected chi connectivity index (χ2v) is 6.82. The minimum atomic E-state index is -0.540. The average Bonchev–Trinajstić information content (AvgIpc) is 2.60. The maximum atomic E-state index is 12.5. The van der Waals surface area contributed by atoms with E-state index in [0.717, 1.165) is 17.5 Å². The summed E-state index contributed by atoms with van der Waals surface area (Å²) in [5, 5.41) is 0. The maximum Gasteiger partial charge on any atom is 0.300 e. The summed E-state index contributed by atoms with van der Waals surface area (Å²) in [6.07, 6.45) is 0.803. The molecule has 0 aromatic heterocycles. The molecular formula is C17H19NO3. The lowest BCUT2D eigenvalue weighted by Gasteiger charge is -2.43. The van der Waals surface area contributed by atoms with Crippen molar-refractivity contribution in [1.82, 2.24) is 0 Å². The second kappa shape index (κ2) is 4.03. The Labute approximate surface area is 124 Å². The highest BCUT2D eigenvalue weighted by atomic mass is 16.2. The van der Waals surface area contributed by atoms with Gasteiger partial charge in [-0.3, -0.25) is 19.3 Å². The lowest BCUT2D eigenvalue weighted by Crippen LogP contribution is -2.50. The van der Waals surface area contributed by atoms with Crippen molar-refractivity contribution in [3.05, 3.63) is 28.3 Å². The minimum Gasteiger partial charge on any atom is -0.299 e. The molecule has 0 saturated carbocycles. The molecule has 4 nitrogen and oxygen atoms in total. The predicted molar refractivity (Wildman–Crippen MR) is 80.1 cm³/mol. The van der Waals surface area contributed by atoms with E-state index in [9.17, 15) is 14.4 Å². The van der Waals surface area contributed by atoms with Crippen LogP contribution in [0, 0.1) is 6.92 Å². The van der Waals surface area contributed by atoms with Crippen LogP contribution in [0.1, 0.15) is 71.9 Å². The van der Waals surface area contributed by atoms with Crippen LogP contribution in [0.2, 0.25) is 0 Å². The summed E-state index contributed by atoms with van der Waals surface area (Å²) in [5.74, 6) is -0.952. The summed E-state index contributed by atoms with van der Waals surface area (Å²) in [5.41, 5.74) is 2.77. The van der Waals surface area contributed by atoms with Crippen LogP contribution >= 0.6 is 0 Å². The smallest absolute Gasteiger partial charge is 0.299 e. The van der Waals surface area contributed by atoms with Gasteiger partial charge in [-0.25, -0.2) is 0 Å². The largest absolute Gasteiger partial charge is 0.300 e. The molecule has 3 rings (SSSR count). The maximum absolute atomic E-state index is 12.5. The monoisotopic (exact) mass is 285 g/mol. The first-order chi connectivity index (χ1) is 9.66. The Kier molecular flexibility index (Phi) is 2.68. The van der Waals surface area contributed by atoms with Gasteiger partial charge in [0.15, 0.2) is 5.78 Å². The van der Waals surface area contributed by atoms with Crippen LogP contribution in [0.15, 0.2) is 6.07 Å². The highest BCUT2D eigenvalue weighted by Gasteiger charge is 2.50. The Hall–Kier alpha value is -1.97. The van der Waals surface area contributed by atoms with Crippen LogP contribution in [-0.2, 0) is 4.79 Å². The Bertz CT molecular complexity index is 715. The van der Waals surface area contributed by atoms with Crippen molar-refractivity contribution in [3.8, 4) is 0 Å². The van der Waals surface area contributed by atoms with Crippen LogP contribution in [0.3, 0.4) is 0 Å². The fraction of sp³-hybridized carbons (Fsp3) is 0.471. The van der Waals surface area contributed by atoms with Gasteiger partial charge in [0, 0.05) is 11.1 Å². The van der Waals surface area contributed by atoms with Gasteiger partial charge in [0.1, 0.15) is 0 Å². The Morgan fingerprint density at radius 1 is 1.33 bits per heavy atom. The number of hydrogen-bond acceptors (Lipinski definition) is 3. The first kappa shape index (κ1) is 14.0. The summed E-state index contributed by atoms with van der Waals surface area (Å²) < 4.78 is 0. The zero-order valence-corrected chi connectivity index (χ0v) is 13.0. The molecule has 4 heteroatoms. The topological polar surface area (TPSA) is 54.5 Å². The van der Waals surface area contributed by atoms with Crippen molar-refractivity contribution in [2.45, 2.75) is 52.5 Å². The summed E-state index contributed by atoms with van der Waals surface area (Å²) >= 11 is 0. The van der Waals surface area contributed by atoms with E-state index in [1.807, 2.05) is 26.8 Å². The van der Waals surface area contributed by atoms with Crippen molar-refractivity contribution in [1.29, 1.82) is 0 Å². The van der Waals surface area contributed by atoms with Crippen LogP contribution in [0.25, 0.3) is 0 Å². The van der Waals surface area contributed by atoms with E-state index in [-0.39, 0.29) is 11.7 Å². The number of rotatable bonds is 1. The fourth-order valence-electron chi connectivity index (χ4n) is 3.96. The lowest BCUT2D eigenvalue weighted by atomic mass is 9.78. The van der Waals surface area contributed by atoms with E-state index in [4.69, 9.17) is 0 Å². The molecule has 0 spiro atoms. The number of ketones is 2. The normalized spacial score (nSPS) is 22.5. The molecule has 1 aromatic carbocycles. The average molecular weight is 285 g/mol. The van der Waals surface area contributed by atoms with Gasteiger partial charge in [-0.05, 0) is 51.2 Å². The lowest BCUT2D eigenvalue weighted by molar-refractivity contribution is -0.115. The van der Waals surface area contributed by atoms with Gasteiger partial charge in [-0.15, -0.1) is 0 Å². The molecule has 1 amide bonds. The highest BCUT2D eigenvalue weighted by molar-refractivity contribution is 6.54. The number of benzene rings is 1. The minimum absolute atomic E-state index is 0.163. The van der Waals surface area contributed by atoms with Crippen LogP contribution in [-0.4, -0.2) is 23.0 Å². The zero-order valence-electron chi connectivity index (χ0n) is 13.0. The third-order valence-electron chi connectivity index (χ3n) is 4.67. The summed E-state index contributed by atoms with van der Waals surface area (Å²) in [6.45, 7) is 9.33. The number of Topliss-reactive ketones (excluding diaryl/α,β-unsaturated/α-hetero) is 2. The van der Waals surface area contributed by atoms with Crippen molar-refractivity contribution in [3.63, 3.8) is 0 Å². The predicted octanol–water partition coefficient (Wildman–Crippen LogP) is 3.01. The molecule has 1 atom stereocenters. The molecule has 21 heavy (non-hydrogen) atoms. The number of carbonyl (C=O) groups excluding carboxylic acids is 3. The van der Waals surface area contributed by atoms with Gasteiger partial charge in [0.25, 0.3) is 11.7 Å². The van der Waals surface area contributed by atoms with Crippen molar-refractivity contribution < 1.29 is 14.4 Å². The van der Waals surface area contributed by atoms with E-state index in [0.29, 0.717) is 16.8 Å². The Morgan fingerprint density at radius 2 is 1.95 bits per heavy atom. The van der Waals surface area contributed by atoms with E-state index in [1.165, 1.54) is 6.92 Å². The number of amides is 1. The van der Waals surface area contributed by atoms with Crippen LogP contribution < -0.4 is 4.90 Å². The number of carbonyl (C=O) groups is 3. The summed E-state index contributed by atoms with van der Waals surface area (Å²) in [4.78, 5) is 38.5. The van der Waals surface area contributed by atoms with Crippen molar-refractivity contribution >= 4 is 23.2 Å². The third-order valence-corrected chi connectivity index (χ3v) is 4.67. The number of nitrogens with zero attached hydrogens (tertiary/aromatic N) is 1. The SMILES string of the molecule is CC(=O)c1c(C)cc2c3c1C(=O)C(=O)N3C(C)(C)CC2C. The van der Waals surface area contributed by atoms with Crippen LogP contribution in [0.5, 0.6) is 0 Å². The Balaban J connectivity index is 2.45. The molecule has 0 aliphatic carbocycles. The fourth-order valence-corrected chi connectivity index (χ4v) is 3.96. The van der Waals surface area contributed by atoms with Gasteiger partial charge >= 0.3 is 0 Å². The molecule has 0 bridgehead atoms. The molecule has 2 heterocycles. The molecular weight excluding hydrogens is 266 g/mol. The first-order valence-corrected chi connectivity index (χ1v) is 7.24. The number of hydrogen-bond donors (Lipinski definition) is 0. The molecule has 0 saturated heterocycles. The molecule has 110 valence electrons. The standard InChI is InChI=1S/C17H19NO3/c1-8-6-11-9(2)7-17(4,5)18-14(11)13(12(8)10(3)19)15(20)16(18)21/h6,9H,7H2,1-5H3. The molecule has 1 unspecified atom stereocenters. The molecule has 1 aromatic rings. The quantitative estimate of drug-likeness (QED) is 0.588. The molecule has 2 aliphatic heterocycles. The van der Waals surface area contributed by atoms with Crippen LogP contribution in [0.4, 0.5) is 5.69 Å². The van der Waals surface area contributed by atoms with Gasteiger partial charge in [-0.2, -0.15) is 0 Å². The van der Waals surface area contributed by atoms with E-state index < -0.39 is 17.2 Å². The summed E-state index contributed by atoms with van der Waals surface area (Å²) in [7, 11) is 0. The molecule has 0 N–H and O–H groups in total. The van der Waals surface area contributed by atoms with Gasteiger partial charge in [-0.1, -0.05) is 13.0 Å². The van der Waals surface area contributed by atoms with Crippen molar-refractivity contribution in [2.24, 2.45) is 0 Å². The number of aryl methyl sites for hydroxylation is 1. The zero-order chi connectivity index (χ0) is 15.7. The van der Waals surface area contributed by atoms with E-state index in [1.54, 1.807) is 4.90 Å². The molecule has 0 fully saturated rings. The van der Waals surface area contributed by atoms with Gasteiger partial charge in [0.2, 0.25) is 0 Å². The molecule has 0 radical (unpaired) electrons. The van der Waals surface area contributed by atoms with E-state index in [2.05, 4.69) is 6.92 Å².